The van der Waals surface area contributed by atoms with Gasteiger partial charge in [-0.05, 0) is 48.2 Å². The van der Waals surface area contributed by atoms with E-state index in [2.05, 4.69) is 15.5 Å². The van der Waals surface area contributed by atoms with Crippen molar-refractivity contribution in [3.05, 3.63) is 46.3 Å². The van der Waals surface area contributed by atoms with Gasteiger partial charge in [-0.15, -0.1) is 0 Å². The minimum Gasteiger partial charge on any atom is -0.479 e. The maximum absolute atomic E-state index is 12.4. The van der Waals surface area contributed by atoms with Crippen LogP contribution in [0.2, 0.25) is 5.02 Å². The Balaban J connectivity index is 1.46. The van der Waals surface area contributed by atoms with Crippen LogP contribution in [0.3, 0.4) is 0 Å². The Bertz CT molecular complexity index is 947. The predicted octanol–water partition coefficient (Wildman–Crippen LogP) is 3.94. The van der Waals surface area contributed by atoms with Gasteiger partial charge in [-0.25, -0.2) is 0 Å². The van der Waals surface area contributed by atoms with E-state index in [1.165, 1.54) is 12.7 Å². The molecule has 1 amide bonds. The number of hydrogen-bond acceptors (Lipinski definition) is 4. The lowest BCUT2D eigenvalue weighted by Crippen LogP contribution is -2.31. The van der Waals surface area contributed by atoms with Gasteiger partial charge in [0.1, 0.15) is 5.76 Å². The highest BCUT2D eigenvalue weighted by Crippen LogP contribution is 2.35. The van der Waals surface area contributed by atoms with Crippen molar-refractivity contribution in [2.24, 2.45) is 0 Å². The Hall–Kier alpha value is -2.47. The van der Waals surface area contributed by atoms with E-state index in [1.54, 1.807) is 6.07 Å². The summed E-state index contributed by atoms with van der Waals surface area (Å²) in [4.78, 5) is 15.9. The summed E-state index contributed by atoms with van der Waals surface area (Å²) in [5, 5.41) is 8.77. The second-order valence-corrected chi connectivity index (χ2v) is 6.99. The molecule has 0 aliphatic heterocycles. The molecule has 4 rings (SSSR count). The lowest BCUT2D eigenvalue weighted by atomic mass is 9.91. The average molecular weight is 374 g/mol. The van der Waals surface area contributed by atoms with Gasteiger partial charge < -0.3 is 19.6 Å². The van der Waals surface area contributed by atoms with Crippen molar-refractivity contribution in [1.29, 1.82) is 0 Å². The van der Waals surface area contributed by atoms with Crippen molar-refractivity contribution in [1.82, 2.24) is 15.5 Å². The first-order valence-corrected chi connectivity index (χ1v) is 9.11. The van der Waals surface area contributed by atoms with Crippen LogP contribution < -0.4 is 10.1 Å². The smallest absolute Gasteiger partial charge is 0.254 e. The van der Waals surface area contributed by atoms with Gasteiger partial charge in [-0.2, -0.15) is 0 Å². The minimum absolute atomic E-state index is 0.00156. The summed E-state index contributed by atoms with van der Waals surface area (Å²) in [5.41, 5.74) is 3.43. The van der Waals surface area contributed by atoms with Gasteiger partial charge in [0.05, 0.1) is 13.2 Å². The molecule has 1 aliphatic carbocycles. The summed E-state index contributed by atoms with van der Waals surface area (Å²) in [6.45, 7) is 0. The van der Waals surface area contributed by atoms with Gasteiger partial charge in [0.25, 0.3) is 5.88 Å². The molecule has 0 saturated heterocycles. The van der Waals surface area contributed by atoms with Crippen LogP contribution in [0.4, 0.5) is 0 Å². The fourth-order valence-electron chi connectivity index (χ4n) is 3.59. The molecule has 26 heavy (non-hydrogen) atoms. The third-order valence-corrected chi connectivity index (χ3v) is 5.08. The average Bonchev–Trinajstić information content (AvgIpc) is 3.25. The molecule has 1 aromatic carbocycles. The van der Waals surface area contributed by atoms with E-state index in [4.69, 9.17) is 20.9 Å². The third kappa shape index (κ3) is 3.29. The molecule has 0 radical (unpaired) electrons. The summed E-state index contributed by atoms with van der Waals surface area (Å²) < 4.78 is 10.1. The zero-order valence-electron chi connectivity index (χ0n) is 14.5. The van der Waals surface area contributed by atoms with Gasteiger partial charge in [0.15, 0.2) is 0 Å². The summed E-state index contributed by atoms with van der Waals surface area (Å²) in [7, 11) is 1.53. The molecule has 0 unspecified atom stereocenters. The van der Waals surface area contributed by atoms with Crippen LogP contribution in [0.5, 0.6) is 5.88 Å². The Morgan fingerprint density at radius 1 is 1.46 bits per heavy atom. The highest BCUT2D eigenvalue weighted by molar-refractivity contribution is 6.31. The van der Waals surface area contributed by atoms with E-state index < -0.39 is 0 Å². The number of carbonyl (C=O) groups excluding carboxylic acids is 1. The lowest BCUT2D eigenvalue weighted by molar-refractivity contribution is -0.122. The molecule has 3 aromatic rings. The van der Waals surface area contributed by atoms with Crippen LogP contribution in [0, 0.1) is 0 Å². The van der Waals surface area contributed by atoms with Crippen molar-refractivity contribution in [3.8, 4) is 5.88 Å². The number of nitrogens with one attached hydrogen (secondary N) is 2. The van der Waals surface area contributed by atoms with Crippen LogP contribution in [-0.2, 0) is 17.6 Å². The first-order valence-electron chi connectivity index (χ1n) is 8.73. The van der Waals surface area contributed by atoms with Gasteiger partial charge in [-0.3, -0.25) is 4.79 Å². The van der Waals surface area contributed by atoms with Gasteiger partial charge in [0.2, 0.25) is 5.91 Å². The maximum Gasteiger partial charge on any atom is 0.254 e. The minimum atomic E-state index is -0.00472. The summed E-state index contributed by atoms with van der Waals surface area (Å²) in [5.74, 6) is 1.06. The molecule has 1 aliphatic rings. The number of carbonyl (C=O) groups is 1. The number of nitrogens with zero attached hydrogens (tertiary/aromatic N) is 1. The quantitative estimate of drug-likeness (QED) is 0.709. The highest BCUT2D eigenvalue weighted by Gasteiger charge is 2.25. The number of H-pyrrole nitrogens is 1. The molecule has 6 nitrogen and oxygen atoms in total. The zero-order chi connectivity index (χ0) is 18.1. The van der Waals surface area contributed by atoms with Crippen molar-refractivity contribution in [3.63, 3.8) is 0 Å². The number of hydrogen-bond donors (Lipinski definition) is 2. The van der Waals surface area contributed by atoms with Crippen LogP contribution in [0.25, 0.3) is 10.9 Å². The van der Waals surface area contributed by atoms with E-state index >= 15 is 0 Å². The van der Waals surface area contributed by atoms with Gasteiger partial charge in [0, 0.05) is 40.5 Å². The van der Waals surface area contributed by atoms with E-state index in [9.17, 15) is 4.79 Å². The van der Waals surface area contributed by atoms with Gasteiger partial charge in [-0.1, -0.05) is 11.6 Å². The second-order valence-electron chi connectivity index (χ2n) is 6.56. The highest BCUT2D eigenvalue weighted by atomic mass is 35.5. The number of ether oxygens (including phenoxy) is 1. The number of fused-ring (bicyclic) bond motifs is 3. The van der Waals surface area contributed by atoms with Crippen molar-refractivity contribution in [2.45, 2.75) is 38.1 Å². The molecule has 136 valence electrons. The zero-order valence-corrected chi connectivity index (χ0v) is 15.2. The molecule has 2 N–H and O–H groups in total. The van der Waals surface area contributed by atoms with Crippen molar-refractivity contribution >= 4 is 28.4 Å². The van der Waals surface area contributed by atoms with Crippen molar-refractivity contribution < 1.29 is 14.1 Å². The number of halogens is 1. The summed E-state index contributed by atoms with van der Waals surface area (Å²) in [6.07, 6.45) is 3.80. The first kappa shape index (κ1) is 17.0. The third-order valence-electron chi connectivity index (χ3n) is 4.85. The Kier molecular flexibility index (Phi) is 4.59. The molecule has 0 fully saturated rings. The molecule has 2 aromatic heterocycles. The molecular weight excluding hydrogens is 354 g/mol. The monoisotopic (exact) mass is 373 g/mol. The first-order chi connectivity index (χ1) is 12.6. The van der Waals surface area contributed by atoms with Crippen LogP contribution in [0.15, 0.2) is 28.8 Å². The van der Waals surface area contributed by atoms with Crippen LogP contribution in [0.1, 0.15) is 42.3 Å². The fraction of sp³-hybridized carbons (Fsp3) is 0.368. The molecule has 0 saturated carbocycles. The van der Waals surface area contributed by atoms with Gasteiger partial charge >= 0.3 is 0 Å². The Morgan fingerprint density at radius 3 is 3.15 bits per heavy atom. The number of rotatable bonds is 5. The van der Waals surface area contributed by atoms with E-state index in [-0.39, 0.29) is 11.9 Å². The number of aromatic nitrogens is 2. The predicted molar refractivity (Wildman–Crippen MR) is 98.5 cm³/mol. The number of aryl methyl sites for hydroxylation is 2. The Morgan fingerprint density at radius 2 is 2.35 bits per heavy atom. The maximum atomic E-state index is 12.4. The largest absolute Gasteiger partial charge is 0.479 e. The number of aromatic amines is 1. The molecule has 7 heteroatoms. The van der Waals surface area contributed by atoms with Crippen LogP contribution >= 0.6 is 11.6 Å². The molecule has 1 atom stereocenters. The summed E-state index contributed by atoms with van der Waals surface area (Å²) >= 11 is 6.14. The molecular formula is C19H20ClN3O3. The van der Waals surface area contributed by atoms with E-state index in [0.717, 1.165) is 40.9 Å². The lowest BCUT2D eigenvalue weighted by Gasteiger charge is -2.23. The number of methoxy groups -OCH3 is 1. The topological polar surface area (TPSA) is 80.1 Å². The molecule has 2 heterocycles. The second kappa shape index (κ2) is 7.03. The standard InChI is InChI=1S/C19H20ClN3O3/c1-25-18-10-12(26-23-18)6-8-17(24)21-16-4-2-3-13-14-9-11(20)5-7-15(14)22-19(13)16/h5,7,9-10,16,22H,2-4,6,8H2,1H3,(H,21,24)/t16-/m0/s1. The SMILES string of the molecule is COc1cc(CCC(=O)N[C@H]2CCCc3c2[nH]c2ccc(Cl)cc32)on1. The van der Waals surface area contributed by atoms with E-state index in [1.807, 2.05) is 18.2 Å². The van der Waals surface area contributed by atoms with Crippen LogP contribution in [-0.4, -0.2) is 23.2 Å². The fourth-order valence-corrected chi connectivity index (χ4v) is 3.76. The number of amides is 1. The van der Waals surface area contributed by atoms with Crippen molar-refractivity contribution in [2.75, 3.05) is 7.11 Å². The summed E-state index contributed by atoms with van der Waals surface area (Å²) in [6, 6.07) is 7.57. The molecule has 0 bridgehead atoms. The van der Waals surface area contributed by atoms with E-state index in [0.29, 0.717) is 24.5 Å². The Labute approximate surface area is 155 Å². The molecule has 0 spiro atoms. The number of benzene rings is 1. The normalized spacial score (nSPS) is 16.5.